The molecule has 1 aromatic heterocycles. The van der Waals surface area contributed by atoms with E-state index in [-0.39, 0.29) is 5.75 Å². The van der Waals surface area contributed by atoms with Gasteiger partial charge in [-0.2, -0.15) is 0 Å². The molecule has 1 saturated heterocycles. The van der Waals surface area contributed by atoms with Crippen LogP contribution in [0.2, 0.25) is 0 Å². The van der Waals surface area contributed by atoms with E-state index >= 15 is 0 Å². The van der Waals surface area contributed by atoms with E-state index in [1.54, 1.807) is 0 Å². The number of ether oxygens (including phenoxy) is 1. The molecule has 0 unspecified atom stereocenters. The fraction of sp³-hybridized carbons (Fsp3) is 0.583. The third-order valence-electron chi connectivity index (χ3n) is 3.56. The van der Waals surface area contributed by atoms with Crippen molar-refractivity contribution in [3.63, 3.8) is 0 Å². The molecule has 0 saturated carbocycles. The zero-order valence-electron chi connectivity index (χ0n) is 11.3. The van der Waals surface area contributed by atoms with Crippen LogP contribution in [0.3, 0.4) is 0 Å². The molecule has 1 fully saturated rings. The Morgan fingerprint density at radius 2 is 1.78 bits per heavy atom. The minimum Gasteiger partial charge on any atom is -0.492 e. The number of pyridine rings is 1. The molecular weight excluding hydrogens is 236 g/mol. The maximum absolute atomic E-state index is 13.6. The standard InChI is InChI=1S/C12H17BFNO3/c1-11(2)12(3,4)18-13(17-11)10-9(16-5)8(14)6-7-15-10/h6-7H,1-5H3. The summed E-state index contributed by atoms with van der Waals surface area (Å²) in [5, 5.41) is 0. The van der Waals surface area contributed by atoms with Gasteiger partial charge in [-0.25, -0.2) is 4.39 Å². The molecule has 0 aliphatic carbocycles. The molecule has 0 atom stereocenters. The summed E-state index contributed by atoms with van der Waals surface area (Å²) in [6, 6.07) is 1.24. The Kier molecular flexibility index (Phi) is 3.11. The van der Waals surface area contributed by atoms with Gasteiger partial charge in [-0.05, 0) is 33.8 Å². The van der Waals surface area contributed by atoms with E-state index in [1.807, 2.05) is 27.7 Å². The second kappa shape index (κ2) is 4.21. The first-order valence-electron chi connectivity index (χ1n) is 5.82. The Hall–Kier alpha value is -1.14. The van der Waals surface area contributed by atoms with E-state index in [2.05, 4.69) is 4.98 Å². The smallest absolute Gasteiger partial charge is 0.492 e. The van der Waals surface area contributed by atoms with E-state index in [1.165, 1.54) is 19.4 Å². The van der Waals surface area contributed by atoms with E-state index < -0.39 is 24.1 Å². The van der Waals surface area contributed by atoms with Crippen molar-refractivity contribution in [1.29, 1.82) is 0 Å². The molecule has 6 heteroatoms. The normalized spacial score (nSPS) is 21.1. The van der Waals surface area contributed by atoms with E-state index in [9.17, 15) is 4.39 Å². The van der Waals surface area contributed by atoms with Gasteiger partial charge in [0.05, 0.1) is 18.3 Å². The van der Waals surface area contributed by atoms with Crippen LogP contribution < -0.4 is 10.3 Å². The summed E-state index contributed by atoms with van der Waals surface area (Å²) in [6.07, 6.45) is 1.37. The average Bonchev–Trinajstić information content (AvgIpc) is 2.47. The SMILES string of the molecule is COc1c(F)ccnc1B1OC(C)(C)C(C)(C)O1. The molecule has 0 amide bonds. The summed E-state index contributed by atoms with van der Waals surface area (Å²) < 4.78 is 30.3. The summed E-state index contributed by atoms with van der Waals surface area (Å²) in [4.78, 5) is 4.11. The first-order chi connectivity index (χ1) is 8.28. The molecule has 0 N–H and O–H groups in total. The van der Waals surface area contributed by atoms with Gasteiger partial charge in [0.25, 0.3) is 0 Å². The van der Waals surface area contributed by atoms with Crippen LogP contribution in [-0.2, 0) is 9.31 Å². The first-order valence-corrected chi connectivity index (χ1v) is 5.82. The Bertz CT molecular complexity index is 449. The van der Waals surface area contributed by atoms with Gasteiger partial charge in [0.1, 0.15) is 5.59 Å². The predicted octanol–water partition coefficient (Wildman–Crippen LogP) is 1.53. The van der Waals surface area contributed by atoms with Crippen LogP contribution in [0, 0.1) is 5.82 Å². The highest BCUT2D eigenvalue weighted by Gasteiger charge is 2.53. The Morgan fingerprint density at radius 3 is 2.28 bits per heavy atom. The number of methoxy groups -OCH3 is 1. The summed E-state index contributed by atoms with van der Waals surface area (Å²) >= 11 is 0. The number of halogens is 1. The molecule has 4 nitrogen and oxygen atoms in total. The lowest BCUT2D eigenvalue weighted by atomic mass is 9.83. The van der Waals surface area contributed by atoms with Crippen molar-refractivity contribution in [2.75, 3.05) is 7.11 Å². The van der Waals surface area contributed by atoms with Gasteiger partial charge in [-0.3, -0.25) is 4.98 Å². The zero-order chi connectivity index (χ0) is 13.6. The fourth-order valence-electron chi connectivity index (χ4n) is 1.76. The second-order valence-corrected chi connectivity index (χ2v) is 5.30. The van der Waals surface area contributed by atoms with Crippen LogP contribution in [-0.4, -0.2) is 30.4 Å². The first kappa shape index (κ1) is 13.3. The van der Waals surface area contributed by atoms with Gasteiger partial charge in [0, 0.05) is 6.20 Å². The van der Waals surface area contributed by atoms with Gasteiger partial charge in [0.2, 0.25) is 0 Å². The van der Waals surface area contributed by atoms with E-state index in [0.717, 1.165) is 0 Å². The van der Waals surface area contributed by atoms with E-state index in [0.29, 0.717) is 5.59 Å². The van der Waals surface area contributed by atoms with Crippen molar-refractivity contribution >= 4 is 12.7 Å². The number of aromatic nitrogens is 1. The number of rotatable bonds is 2. The highest BCUT2D eigenvalue weighted by Crippen LogP contribution is 2.37. The Morgan fingerprint density at radius 1 is 1.22 bits per heavy atom. The molecular formula is C12H17BFNO3. The summed E-state index contributed by atoms with van der Waals surface area (Å²) in [6.45, 7) is 7.72. The van der Waals surface area contributed by atoms with Crippen molar-refractivity contribution in [1.82, 2.24) is 4.98 Å². The molecule has 0 radical (unpaired) electrons. The number of hydrogen-bond acceptors (Lipinski definition) is 4. The third kappa shape index (κ3) is 1.99. The molecule has 0 spiro atoms. The molecule has 1 aromatic rings. The lowest BCUT2D eigenvalue weighted by molar-refractivity contribution is 0.00578. The van der Waals surface area contributed by atoms with Crippen molar-refractivity contribution in [3.05, 3.63) is 18.1 Å². The van der Waals surface area contributed by atoms with Gasteiger partial charge in [-0.1, -0.05) is 0 Å². The van der Waals surface area contributed by atoms with Gasteiger partial charge < -0.3 is 14.0 Å². The molecule has 1 aliphatic rings. The van der Waals surface area contributed by atoms with Gasteiger partial charge in [-0.15, -0.1) is 0 Å². The molecule has 1 aliphatic heterocycles. The van der Waals surface area contributed by atoms with Crippen LogP contribution in [0.25, 0.3) is 0 Å². The van der Waals surface area contributed by atoms with Crippen molar-refractivity contribution in [3.8, 4) is 5.75 Å². The van der Waals surface area contributed by atoms with Gasteiger partial charge >= 0.3 is 7.12 Å². The maximum Gasteiger partial charge on any atom is 0.518 e. The minimum atomic E-state index is -0.722. The highest BCUT2D eigenvalue weighted by atomic mass is 19.1. The van der Waals surface area contributed by atoms with E-state index in [4.69, 9.17) is 14.0 Å². The lowest BCUT2D eigenvalue weighted by Crippen LogP contribution is -2.41. The largest absolute Gasteiger partial charge is 0.518 e. The van der Waals surface area contributed by atoms with Gasteiger partial charge in [0.15, 0.2) is 11.6 Å². The summed E-state index contributed by atoms with van der Waals surface area (Å²) in [5.41, 5.74) is -0.649. The summed E-state index contributed by atoms with van der Waals surface area (Å²) in [5.74, 6) is -0.409. The monoisotopic (exact) mass is 253 g/mol. The van der Waals surface area contributed by atoms with Crippen LogP contribution in [0.15, 0.2) is 12.3 Å². The molecule has 2 heterocycles. The molecule has 2 rings (SSSR count). The Balaban J connectivity index is 2.38. The van der Waals surface area contributed by atoms with Crippen LogP contribution in [0.4, 0.5) is 4.39 Å². The van der Waals surface area contributed by atoms with Crippen LogP contribution in [0.5, 0.6) is 5.75 Å². The maximum atomic E-state index is 13.6. The molecule has 0 bridgehead atoms. The number of hydrogen-bond donors (Lipinski definition) is 0. The molecule has 0 aromatic carbocycles. The summed E-state index contributed by atoms with van der Waals surface area (Å²) in [7, 11) is 0.676. The van der Waals surface area contributed by atoms with Crippen LogP contribution in [0.1, 0.15) is 27.7 Å². The third-order valence-corrected chi connectivity index (χ3v) is 3.56. The molecule has 18 heavy (non-hydrogen) atoms. The minimum absolute atomic E-state index is 0.0657. The van der Waals surface area contributed by atoms with Crippen molar-refractivity contribution in [2.45, 2.75) is 38.9 Å². The second-order valence-electron chi connectivity index (χ2n) is 5.30. The highest BCUT2D eigenvalue weighted by molar-refractivity contribution is 6.62. The fourth-order valence-corrected chi connectivity index (χ4v) is 1.76. The topological polar surface area (TPSA) is 40.6 Å². The predicted molar refractivity (Wildman–Crippen MR) is 66.5 cm³/mol. The quantitative estimate of drug-likeness (QED) is 0.749. The van der Waals surface area contributed by atoms with Crippen LogP contribution >= 0.6 is 0 Å². The lowest BCUT2D eigenvalue weighted by Gasteiger charge is -2.32. The average molecular weight is 253 g/mol. The van der Waals surface area contributed by atoms with Crippen molar-refractivity contribution in [2.24, 2.45) is 0 Å². The zero-order valence-corrected chi connectivity index (χ0v) is 11.3. The Labute approximate surface area is 107 Å². The molecule has 98 valence electrons. The van der Waals surface area contributed by atoms with Crippen molar-refractivity contribution < 1.29 is 18.4 Å². The number of nitrogens with zero attached hydrogens (tertiary/aromatic N) is 1.